The molecule has 0 aliphatic heterocycles. The average molecular weight is 189 g/mol. The normalized spacial score (nSPS) is 8.42. The summed E-state index contributed by atoms with van der Waals surface area (Å²) in [4.78, 5) is 17.9. The fourth-order valence-corrected chi connectivity index (χ4v) is 0.621. The van der Waals surface area contributed by atoms with Crippen molar-refractivity contribution in [2.75, 3.05) is 11.1 Å². The van der Waals surface area contributed by atoms with E-state index in [1.807, 2.05) is 0 Å². The van der Waals surface area contributed by atoms with Crippen LogP contribution in [0.4, 0.5) is 11.6 Å². The molecule has 1 rings (SSSR count). The molecule has 0 saturated carbocycles. The maximum atomic E-state index is 10.5. The van der Waals surface area contributed by atoms with Crippen LogP contribution >= 0.6 is 12.4 Å². The lowest BCUT2D eigenvalue weighted by Crippen LogP contribution is -2.08. The van der Waals surface area contributed by atoms with E-state index in [0.717, 1.165) is 0 Å². The Morgan fingerprint density at radius 2 is 2.25 bits per heavy atom. The maximum absolute atomic E-state index is 10.5. The van der Waals surface area contributed by atoms with Gasteiger partial charge in [-0.3, -0.25) is 4.79 Å². The quantitative estimate of drug-likeness (QED) is 0.670. The molecule has 0 aromatic carbocycles. The van der Waals surface area contributed by atoms with Gasteiger partial charge in [-0.25, -0.2) is 9.97 Å². The molecule has 12 heavy (non-hydrogen) atoms. The van der Waals surface area contributed by atoms with Crippen molar-refractivity contribution < 1.29 is 4.79 Å². The summed E-state index contributed by atoms with van der Waals surface area (Å²) < 4.78 is 0. The average Bonchev–Trinajstić information content (AvgIpc) is 1.85. The molecule has 0 aliphatic rings. The van der Waals surface area contributed by atoms with Crippen LogP contribution < -0.4 is 11.1 Å². The Bertz CT molecular complexity index is 278. The van der Waals surface area contributed by atoms with Gasteiger partial charge in [0.1, 0.15) is 18.0 Å². The van der Waals surface area contributed by atoms with E-state index in [1.165, 1.54) is 19.3 Å². The molecule has 0 radical (unpaired) electrons. The molecule has 3 N–H and O–H groups in total. The molecule has 0 spiro atoms. The molecule has 0 bridgehead atoms. The van der Waals surface area contributed by atoms with Crippen LogP contribution in [0.2, 0.25) is 0 Å². The number of hydrogen-bond donors (Lipinski definition) is 2. The molecule has 5 nitrogen and oxygen atoms in total. The van der Waals surface area contributed by atoms with Crippen LogP contribution in [0.5, 0.6) is 0 Å². The van der Waals surface area contributed by atoms with Crippen molar-refractivity contribution in [1.82, 2.24) is 9.97 Å². The molecule has 1 heterocycles. The SMILES string of the molecule is CC(=O)Nc1cc(N)ncn1.Cl. The molecule has 1 aromatic heterocycles. The van der Waals surface area contributed by atoms with E-state index in [-0.39, 0.29) is 18.3 Å². The van der Waals surface area contributed by atoms with Gasteiger partial charge in [-0.15, -0.1) is 12.4 Å². The summed E-state index contributed by atoms with van der Waals surface area (Å²) in [5.41, 5.74) is 5.33. The predicted molar refractivity (Wildman–Crippen MR) is 48.0 cm³/mol. The lowest BCUT2D eigenvalue weighted by molar-refractivity contribution is -0.114. The molecule has 0 unspecified atom stereocenters. The number of nitrogens with zero attached hydrogens (tertiary/aromatic N) is 2. The first-order chi connectivity index (χ1) is 5.18. The number of nitrogens with two attached hydrogens (primary N) is 1. The van der Waals surface area contributed by atoms with E-state index < -0.39 is 0 Å². The van der Waals surface area contributed by atoms with Gasteiger partial charge in [0, 0.05) is 13.0 Å². The minimum absolute atomic E-state index is 0. The predicted octanol–water partition coefficient (Wildman–Crippen LogP) is 0.439. The molecule has 6 heteroatoms. The Kier molecular flexibility index (Phi) is 3.99. The highest BCUT2D eigenvalue weighted by molar-refractivity contribution is 5.87. The lowest BCUT2D eigenvalue weighted by atomic mass is 10.5. The minimum atomic E-state index is -0.178. The molecule has 66 valence electrons. The second-order valence-corrected chi connectivity index (χ2v) is 2.01. The second-order valence-electron chi connectivity index (χ2n) is 2.01. The number of carbonyl (C=O) groups is 1. The van der Waals surface area contributed by atoms with Gasteiger partial charge in [0.25, 0.3) is 0 Å². The third kappa shape index (κ3) is 3.16. The molecule has 0 aliphatic carbocycles. The first kappa shape index (κ1) is 10.6. The summed E-state index contributed by atoms with van der Waals surface area (Å²) in [5, 5.41) is 2.48. The fourth-order valence-electron chi connectivity index (χ4n) is 0.621. The highest BCUT2D eigenvalue weighted by atomic mass is 35.5. The summed E-state index contributed by atoms with van der Waals surface area (Å²) >= 11 is 0. The van der Waals surface area contributed by atoms with Crippen LogP contribution in [0.3, 0.4) is 0 Å². The van der Waals surface area contributed by atoms with Crippen molar-refractivity contribution in [2.24, 2.45) is 0 Å². The van der Waals surface area contributed by atoms with E-state index in [4.69, 9.17) is 5.73 Å². The van der Waals surface area contributed by atoms with Crippen LogP contribution in [0.1, 0.15) is 6.92 Å². The first-order valence-electron chi connectivity index (χ1n) is 3.03. The molecule has 1 amide bonds. The molecule has 0 atom stereocenters. The van der Waals surface area contributed by atoms with Crippen molar-refractivity contribution in [3.8, 4) is 0 Å². The Morgan fingerprint density at radius 1 is 1.58 bits per heavy atom. The zero-order chi connectivity index (χ0) is 8.27. The number of aromatic nitrogens is 2. The van der Waals surface area contributed by atoms with Gasteiger partial charge in [0.05, 0.1) is 0 Å². The van der Waals surface area contributed by atoms with Crippen LogP contribution in [0, 0.1) is 0 Å². The third-order valence-electron chi connectivity index (χ3n) is 0.992. The standard InChI is InChI=1S/C6H8N4O.ClH/c1-4(11)10-6-2-5(7)8-3-9-6;/h2-3H,1H3,(H3,7,8,9,10,11);1H. The van der Waals surface area contributed by atoms with Gasteiger partial charge in [0.2, 0.25) is 5.91 Å². The maximum Gasteiger partial charge on any atom is 0.222 e. The Hall–Kier alpha value is -1.36. The van der Waals surface area contributed by atoms with E-state index in [9.17, 15) is 4.79 Å². The van der Waals surface area contributed by atoms with Gasteiger partial charge in [-0.2, -0.15) is 0 Å². The first-order valence-corrected chi connectivity index (χ1v) is 3.03. The number of nitrogens with one attached hydrogen (secondary N) is 1. The third-order valence-corrected chi connectivity index (χ3v) is 0.992. The smallest absolute Gasteiger partial charge is 0.222 e. The zero-order valence-corrected chi connectivity index (χ0v) is 7.26. The van der Waals surface area contributed by atoms with Crippen molar-refractivity contribution in [2.45, 2.75) is 6.92 Å². The van der Waals surface area contributed by atoms with E-state index in [0.29, 0.717) is 11.6 Å². The van der Waals surface area contributed by atoms with Gasteiger partial charge in [-0.1, -0.05) is 0 Å². The monoisotopic (exact) mass is 188 g/mol. The van der Waals surface area contributed by atoms with Crippen molar-refractivity contribution in [3.63, 3.8) is 0 Å². The van der Waals surface area contributed by atoms with Gasteiger partial charge >= 0.3 is 0 Å². The van der Waals surface area contributed by atoms with E-state index in [2.05, 4.69) is 15.3 Å². The molecule has 1 aromatic rings. The van der Waals surface area contributed by atoms with Crippen LogP contribution in [-0.2, 0) is 4.79 Å². The number of carbonyl (C=O) groups excluding carboxylic acids is 1. The number of halogens is 1. The van der Waals surface area contributed by atoms with Crippen LogP contribution in [0.25, 0.3) is 0 Å². The highest BCUT2D eigenvalue weighted by Gasteiger charge is 1.95. The summed E-state index contributed by atoms with van der Waals surface area (Å²) in [6, 6.07) is 1.49. The summed E-state index contributed by atoms with van der Waals surface area (Å²) in [6.07, 6.45) is 1.29. The molecule has 0 fully saturated rings. The van der Waals surface area contributed by atoms with Crippen molar-refractivity contribution in [3.05, 3.63) is 12.4 Å². The van der Waals surface area contributed by atoms with Crippen LogP contribution in [-0.4, -0.2) is 15.9 Å². The highest BCUT2D eigenvalue weighted by Crippen LogP contribution is 2.03. The summed E-state index contributed by atoms with van der Waals surface area (Å²) in [6.45, 7) is 1.40. The molecular formula is C6H9ClN4O. The minimum Gasteiger partial charge on any atom is -0.384 e. The van der Waals surface area contributed by atoms with E-state index in [1.54, 1.807) is 0 Å². The van der Waals surface area contributed by atoms with Crippen molar-refractivity contribution in [1.29, 1.82) is 0 Å². The number of nitrogen functional groups attached to an aromatic ring is 1. The topological polar surface area (TPSA) is 80.9 Å². The summed E-state index contributed by atoms with van der Waals surface area (Å²) in [7, 11) is 0. The number of anilines is 2. The van der Waals surface area contributed by atoms with Gasteiger partial charge in [-0.05, 0) is 0 Å². The van der Waals surface area contributed by atoms with Crippen LogP contribution in [0.15, 0.2) is 12.4 Å². The Morgan fingerprint density at radius 3 is 2.75 bits per heavy atom. The number of hydrogen-bond acceptors (Lipinski definition) is 4. The largest absolute Gasteiger partial charge is 0.384 e. The fraction of sp³-hybridized carbons (Fsp3) is 0.167. The van der Waals surface area contributed by atoms with Gasteiger partial charge < -0.3 is 11.1 Å². The second kappa shape index (κ2) is 4.50. The Labute approximate surface area is 75.8 Å². The lowest BCUT2D eigenvalue weighted by Gasteiger charge is -1.99. The number of amides is 1. The molecule has 0 saturated heterocycles. The van der Waals surface area contributed by atoms with E-state index >= 15 is 0 Å². The zero-order valence-electron chi connectivity index (χ0n) is 6.44. The molecular weight excluding hydrogens is 180 g/mol. The van der Waals surface area contributed by atoms with Crippen molar-refractivity contribution >= 4 is 29.9 Å². The summed E-state index contributed by atoms with van der Waals surface area (Å²) in [5.74, 6) is 0.580. The Balaban J connectivity index is 0.00000121. The van der Waals surface area contributed by atoms with Gasteiger partial charge in [0.15, 0.2) is 0 Å². The number of rotatable bonds is 1.